The van der Waals surface area contributed by atoms with Gasteiger partial charge in [0.1, 0.15) is 5.69 Å². The van der Waals surface area contributed by atoms with Crippen molar-refractivity contribution in [2.75, 3.05) is 13.6 Å². The zero-order valence-electron chi connectivity index (χ0n) is 11.8. The number of nitrogens with zero attached hydrogens (tertiary/aromatic N) is 2. The number of hydrogen-bond acceptors (Lipinski definition) is 3. The Bertz CT molecular complexity index is 851. The molecule has 1 aliphatic heterocycles. The van der Waals surface area contributed by atoms with E-state index in [0.29, 0.717) is 25.2 Å². The van der Waals surface area contributed by atoms with E-state index in [0.717, 1.165) is 16.5 Å². The molecule has 7 heteroatoms. The molecule has 0 fully saturated rings. The molecule has 1 N–H and O–H groups in total. The van der Waals surface area contributed by atoms with Gasteiger partial charge in [0.25, 0.3) is 16.0 Å². The molecule has 1 aliphatic rings. The molecule has 2 aromatic rings. The van der Waals surface area contributed by atoms with E-state index in [9.17, 15) is 17.8 Å². The average Bonchev–Trinajstić information content (AvgIpc) is 2.75. The summed E-state index contributed by atoms with van der Waals surface area (Å²) in [6, 6.07) is 4.46. The third kappa shape index (κ3) is 2.04. The minimum Gasteiger partial charge on any atom is -0.340 e. The molecule has 112 valence electrons. The van der Waals surface area contributed by atoms with Gasteiger partial charge in [-0.2, -0.15) is 8.42 Å². The van der Waals surface area contributed by atoms with Gasteiger partial charge in [0.05, 0.1) is 4.90 Å². The first-order valence-electron chi connectivity index (χ1n) is 6.72. The van der Waals surface area contributed by atoms with Gasteiger partial charge in [-0.1, -0.05) is 0 Å². The molecule has 21 heavy (non-hydrogen) atoms. The quantitative estimate of drug-likeness (QED) is 0.853. The number of carbonyl (C=O) groups excluding carboxylic acids is 1. The van der Waals surface area contributed by atoms with Crippen molar-refractivity contribution >= 4 is 26.9 Å². The van der Waals surface area contributed by atoms with Crippen molar-refractivity contribution in [2.24, 2.45) is 0 Å². The van der Waals surface area contributed by atoms with E-state index in [1.54, 1.807) is 18.0 Å². The van der Waals surface area contributed by atoms with Crippen molar-refractivity contribution in [2.45, 2.75) is 24.8 Å². The van der Waals surface area contributed by atoms with Crippen LogP contribution in [0, 0.1) is 0 Å². The molecular weight excluding hydrogens is 292 g/mol. The highest BCUT2D eigenvalue weighted by atomic mass is 32.2. The first-order valence-corrected chi connectivity index (χ1v) is 8.16. The molecule has 6 nitrogen and oxygen atoms in total. The second kappa shape index (κ2) is 4.57. The van der Waals surface area contributed by atoms with Crippen LogP contribution in [-0.2, 0) is 23.1 Å². The Morgan fingerprint density at radius 2 is 2.05 bits per heavy atom. The Hall–Kier alpha value is -1.86. The highest BCUT2D eigenvalue weighted by Gasteiger charge is 2.29. The van der Waals surface area contributed by atoms with Crippen molar-refractivity contribution in [3.8, 4) is 0 Å². The van der Waals surface area contributed by atoms with Crippen molar-refractivity contribution in [3.63, 3.8) is 0 Å². The van der Waals surface area contributed by atoms with Crippen LogP contribution >= 0.6 is 0 Å². The maximum absolute atomic E-state index is 12.4. The van der Waals surface area contributed by atoms with Gasteiger partial charge in [-0.3, -0.25) is 9.35 Å². The molecule has 0 unspecified atom stereocenters. The zero-order chi connectivity index (χ0) is 15.4. The Balaban J connectivity index is 2.37. The number of benzene rings is 1. The molecule has 0 aliphatic carbocycles. The lowest BCUT2D eigenvalue weighted by Crippen LogP contribution is -2.35. The van der Waals surface area contributed by atoms with Gasteiger partial charge < -0.3 is 9.47 Å². The maximum Gasteiger partial charge on any atom is 0.294 e. The van der Waals surface area contributed by atoms with Gasteiger partial charge in [-0.15, -0.1) is 0 Å². The van der Waals surface area contributed by atoms with E-state index in [4.69, 9.17) is 0 Å². The number of fused-ring (bicyclic) bond motifs is 3. The number of carbonyl (C=O) groups is 1. The lowest BCUT2D eigenvalue weighted by molar-refractivity contribution is 0.0770. The number of likely N-dealkylation sites (N-methyl/N-ethyl adjacent to an activating group) is 1. The lowest BCUT2D eigenvalue weighted by atomic mass is 10.0. The van der Waals surface area contributed by atoms with Crippen molar-refractivity contribution < 1.29 is 17.8 Å². The van der Waals surface area contributed by atoms with Crippen LogP contribution in [-0.4, -0.2) is 41.9 Å². The van der Waals surface area contributed by atoms with Crippen LogP contribution in [0.1, 0.15) is 23.0 Å². The second-order valence-electron chi connectivity index (χ2n) is 5.20. The number of aromatic nitrogens is 1. The van der Waals surface area contributed by atoms with Crippen LogP contribution in [0.15, 0.2) is 23.1 Å². The highest BCUT2D eigenvalue weighted by molar-refractivity contribution is 7.85. The molecule has 1 aromatic carbocycles. The predicted molar refractivity (Wildman–Crippen MR) is 78.1 cm³/mol. The van der Waals surface area contributed by atoms with Gasteiger partial charge in [0, 0.05) is 31.0 Å². The fourth-order valence-corrected chi connectivity index (χ4v) is 3.46. The number of aryl methyl sites for hydroxylation is 1. The van der Waals surface area contributed by atoms with Crippen LogP contribution in [0.2, 0.25) is 0 Å². The summed E-state index contributed by atoms with van der Waals surface area (Å²) in [6.07, 6.45) is 0.677. The Morgan fingerprint density at radius 1 is 1.33 bits per heavy atom. The predicted octanol–water partition coefficient (Wildman–Crippen LogP) is 1.54. The van der Waals surface area contributed by atoms with E-state index < -0.39 is 10.1 Å². The Morgan fingerprint density at radius 3 is 2.67 bits per heavy atom. The summed E-state index contributed by atoms with van der Waals surface area (Å²) in [4.78, 5) is 13.9. The van der Waals surface area contributed by atoms with Gasteiger partial charge >= 0.3 is 0 Å². The summed E-state index contributed by atoms with van der Waals surface area (Å²) in [6.45, 7) is 3.17. The fourth-order valence-electron chi connectivity index (χ4n) is 2.95. The SMILES string of the molecule is CCn1c2c(c3cc(S(=O)(=O)O)ccc31)CCN(C)C2=O. The molecular formula is C14H16N2O4S. The lowest BCUT2D eigenvalue weighted by Gasteiger charge is -2.24. The molecule has 3 rings (SSSR count). The van der Waals surface area contributed by atoms with Gasteiger partial charge in [0.2, 0.25) is 0 Å². The van der Waals surface area contributed by atoms with Crippen LogP contribution in [0.4, 0.5) is 0 Å². The average molecular weight is 308 g/mol. The highest BCUT2D eigenvalue weighted by Crippen LogP contribution is 2.32. The standard InChI is InChI=1S/C14H16N2O4S/c1-3-16-12-5-4-9(21(18,19)20)8-11(12)10-6-7-15(2)14(17)13(10)16/h4-5,8H,3,6-7H2,1-2H3,(H,18,19,20). The maximum atomic E-state index is 12.4. The van der Waals surface area contributed by atoms with Gasteiger partial charge in [-0.25, -0.2) is 0 Å². The largest absolute Gasteiger partial charge is 0.340 e. The van der Waals surface area contributed by atoms with Crippen LogP contribution < -0.4 is 0 Å². The summed E-state index contributed by atoms with van der Waals surface area (Å²) in [5, 5.41) is 0.725. The minimum atomic E-state index is -4.25. The molecule has 1 aromatic heterocycles. The topological polar surface area (TPSA) is 79.6 Å². The molecule has 0 radical (unpaired) electrons. The van der Waals surface area contributed by atoms with Crippen LogP contribution in [0.3, 0.4) is 0 Å². The molecule has 0 atom stereocenters. The molecule has 0 bridgehead atoms. The van der Waals surface area contributed by atoms with Crippen LogP contribution in [0.25, 0.3) is 10.9 Å². The molecule has 2 heterocycles. The van der Waals surface area contributed by atoms with Gasteiger partial charge in [0.15, 0.2) is 0 Å². The molecule has 1 amide bonds. The van der Waals surface area contributed by atoms with E-state index in [1.165, 1.54) is 12.1 Å². The third-order valence-corrected chi connectivity index (χ3v) is 4.85. The van der Waals surface area contributed by atoms with Gasteiger partial charge in [-0.05, 0) is 37.1 Å². The number of hydrogen-bond donors (Lipinski definition) is 1. The zero-order valence-corrected chi connectivity index (χ0v) is 12.6. The van der Waals surface area contributed by atoms with E-state index >= 15 is 0 Å². The molecule has 0 spiro atoms. The summed E-state index contributed by atoms with van der Waals surface area (Å²) in [5.74, 6) is -0.0531. The van der Waals surface area contributed by atoms with Crippen molar-refractivity contribution in [1.29, 1.82) is 0 Å². The number of rotatable bonds is 2. The van der Waals surface area contributed by atoms with Crippen LogP contribution in [0.5, 0.6) is 0 Å². The third-order valence-electron chi connectivity index (χ3n) is 4.00. The van der Waals surface area contributed by atoms with E-state index in [-0.39, 0.29) is 10.8 Å². The molecule has 0 saturated heterocycles. The summed E-state index contributed by atoms with van der Waals surface area (Å²) >= 11 is 0. The summed E-state index contributed by atoms with van der Waals surface area (Å²) in [5.41, 5.74) is 2.30. The first kappa shape index (κ1) is 14.1. The first-order chi connectivity index (χ1) is 9.84. The summed E-state index contributed by atoms with van der Waals surface area (Å²) in [7, 11) is -2.49. The second-order valence-corrected chi connectivity index (χ2v) is 6.62. The normalized spacial score (nSPS) is 15.6. The van der Waals surface area contributed by atoms with Crippen molar-refractivity contribution in [3.05, 3.63) is 29.5 Å². The summed E-state index contributed by atoms with van der Waals surface area (Å²) < 4.78 is 33.7. The number of amides is 1. The molecule has 0 saturated carbocycles. The fraction of sp³-hybridized carbons (Fsp3) is 0.357. The van der Waals surface area contributed by atoms with E-state index in [2.05, 4.69) is 0 Å². The Kier molecular flexibility index (Phi) is 3.07. The Labute approximate surface area is 122 Å². The van der Waals surface area contributed by atoms with Crippen molar-refractivity contribution in [1.82, 2.24) is 9.47 Å². The smallest absolute Gasteiger partial charge is 0.294 e. The van der Waals surface area contributed by atoms with E-state index in [1.807, 2.05) is 11.5 Å². The monoisotopic (exact) mass is 308 g/mol. The minimum absolute atomic E-state index is 0.0531.